The third kappa shape index (κ3) is 4.14. The van der Waals surface area contributed by atoms with Crippen molar-refractivity contribution in [1.29, 1.82) is 0 Å². The van der Waals surface area contributed by atoms with Crippen LogP contribution in [0.1, 0.15) is 27.2 Å². The summed E-state index contributed by atoms with van der Waals surface area (Å²) in [5, 5.41) is 5.09. The van der Waals surface area contributed by atoms with E-state index in [9.17, 15) is 0 Å². The molecule has 104 valence electrons. The molecule has 0 saturated carbocycles. The predicted octanol–water partition coefficient (Wildman–Crippen LogP) is 5.42. The van der Waals surface area contributed by atoms with Gasteiger partial charge in [0.1, 0.15) is 0 Å². The molecule has 1 aliphatic heterocycles. The Labute approximate surface area is 132 Å². The van der Waals surface area contributed by atoms with Gasteiger partial charge in [0.15, 0.2) is 5.17 Å². The van der Waals surface area contributed by atoms with Gasteiger partial charge in [-0.3, -0.25) is 4.99 Å². The van der Waals surface area contributed by atoms with Gasteiger partial charge < -0.3 is 5.32 Å². The molecule has 2 rings (SSSR count). The van der Waals surface area contributed by atoms with E-state index in [1.54, 1.807) is 11.8 Å². The number of nitrogens with one attached hydrogen (secondary N) is 1. The molecule has 1 atom stereocenters. The zero-order valence-electron chi connectivity index (χ0n) is 11.3. The van der Waals surface area contributed by atoms with Crippen molar-refractivity contribution in [3.63, 3.8) is 0 Å². The van der Waals surface area contributed by atoms with Crippen molar-refractivity contribution in [2.24, 2.45) is 10.4 Å². The Bertz CT molecular complexity index is 497. The predicted molar refractivity (Wildman–Crippen MR) is 90.5 cm³/mol. The van der Waals surface area contributed by atoms with Crippen LogP contribution in [0.3, 0.4) is 0 Å². The van der Waals surface area contributed by atoms with Gasteiger partial charge in [-0.05, 0) is 46.0 Å². The molecule has 1 aliphatic rings. The second-order valence-corrected chi connectivity index (χ2v) is 8.05. The molecule has 0 aromatic heterocycles. The average Bonchev–Trinajstić information content (AvgIpc) is 2.33. The van der Waals surface area contributed by atoms with E-state index in [1.807, 2.05) is 18.2 Å². The maximum atomic E-state index is 6.00. The first-order valence-electron chi connectivity index (χ1n) is 6.29. The summed E-state index contributed by atoms with van der Waals surface area (Å²) in [6, 6.07) is 6.21. The monoisotopic (exact) mass is 360 g/mol. The van der Waals surface area contributed by atoms with Crippen molar-refractivity contribution >= 4 is 50.1 Å². The molecule has 0 amide bonds. The van der Waals surface area contributed by atoms with Crippen molar-refractivity contribution < 1.29 is 0 Å². The maximum absolute atomic E-state index is 6.00. The quantitative estimate of drug-likeness (QED) is 0.722. The fourth-order valence-electron chi connectivity index (χ4n) is 1.90. The summed E-state index contributed by atoms with van der Waals surface area (Å²) in [5.74, 6) is 1.11. The Kier molecular flexibility index (Phi) is 4.85. The fraction of sp³-hybridized carbons (Fsp3) is 0.500. The van der Waals surface area contributed by atoms with Crippen molar-refractivity contribution in [3.8, 4) is 0 Å². The van der Waals surface area contributed by atoms with E-state index in [4.69, 9.17) is 16.6 Å². The Morgan fingerprint density at radius 3 is 2.79 bits per heavy atom. The van der Waals surface area contributed by atoms with E-state index >= 15 is 0 Å². The van der Waals surface area contributed by atoms with Gasteiger partial charge in [-0.1, -0.05) is 44.1 Å². The van der Waals surface area contributed by atoms with Crippen LogP contribution in [0.2, 0.25) is 5.02 Å². The Hall–Kier alpha value is -0.190. The lowest BCUT2D eigenvalue weighted by Gasteiger charge is -2.31. The van der Waals surface area contributed by atoms with Gasteiger partial charge in [-0.2, -0.15) is 0 Å². The van der Waals surface area contributed by atoms with Crippen molar-refractivity contribution in [2.45, 2.75) is 33.2 Å². The van der Waals surface area contributed by atoms with Crippen LogP contribution in [0, 0.1) is 5.41 Å². The molecule has 1 aromatic carbocycles. The minimum absolute atomic E-state index is 0.217. The van der Waals surface area contributed by atoms with Gasteiger partial charge in [0.2, 0.25) is 0 Å². The minimum atomic E-state index is 0.217. The molecular weight excluding hydrogens is 344 g/mol. The molecular formula is C14H18BrClN2S. The number of thioether (sulfide) groups is 1. The molecule has 19 heavy (non-hydrogen) atoms. The van der Waals surface area contributed by atoms with Crippen molar-refractivity contribution in [3.05, 3.63) is 27.7 Å². The molecule has 0 aliphatic carbocycles. The zero-order chi connectivity index (χ0) is 14.0. The Balaban J connectivity index is 2.14. The van der Waals surface area contributed by atoms with Gasteiger partial charge in [-0.15, -0.1) is 0 Å². The molecule has 0 saturated heterocycles. The number of hydrogen-bond donors (Lipinski definition) is 1. The third-order valence-corrected chi connectivity index (χ3v) is 5.21. The molecule has 0 radical (unpaired) electrons. The van der Waals surface area contributed by atoms with Crippen LogP contribution in [0.4, 0.5) is 5.69 Å². The Morgan fingerprint density at radius 2 is 2.16 bits per heavy atom. The standard InChI is InChI=1S/C14H18BrClN2S/c1-14(2,3)12-6-7-19-13(18-12)17-9-4-5-11(16)10(15)8-9/h4-5,8,12H,6-7H2,1-3H3,(H,17,18). The molecule has 1 aromatic rings. The number of anilines is 1. The number of halogens is 2. The van der Waals surface area contributed by atoms with Crippen LogP contribution in [0.5, 0.6) is 0 Å². The maximum Gasteiger partial charge on any atom is 0.161 e. The van der Waals surface area contributed by atoms with E-state index in [1.165, 1.54) is 0 Å². The van der Waals surface area contributed by atoms with Crippen LogP contribution in [0.15, 0.2) is 27.7 Å². The first kappa shape index (κ1) is 15.2. The smallest absolute Gasteiger partial charge is 0.161 e. The van der Waals surface area contributed by atoms with Gasteiger partial charge in [0, 0.05) is 15.9 Å². The van der Waals surface area contributed by atoms with Crippen LogP contribution in [-0.4, -0.2) is 17.0 Å². The molecule has 1 heterocycles. The number of hydrogen-bond acceptors (Lipinski definition) is 3. The van der Waals surface area contributed by atoms with Gasteiger partial charge >= 0.3 is 0 Å². The molecule has 0 spiro atoms. The first-order chi connectivity index (χ1) is 8.86. The van der Waals surface area contributed by atoms with Crippen LogP contribution in [0.25, 0.3) is 0 Å². The highest BCUT2D eigenvalue weighted by molar-refractivity contribution is 9.10. The lowest BCUT2D eigenvalue weighted by molar-refractivity contribution is 0.316. The number of aliphatic imine (C=N–C) groups is 1. The SMILES string of the molecule is CC(C)(C)C1CCSC(Nc2ccc(Cl)c(Br)c2)=N1. The summed E-state index contributed by atoms with van der Waals surface area (Å²) in [4.78, 5) is 4.82. The zero-order valence-corrected chi connectivity index (χ0v) is 14.5. The van der Waals surface area contributed by atoms with Crippen molar-refractivity contribution in [2.75, 3.05) is 11.1 Å². The first-order valence-corrected chi connectivity index (χ1v) is 8.44. The molecule has 0 fully saturated rings. The summed E-state index contributed by atoms with van der Waals surface area (Å²) in [7, 11) is 0. The fourth-order valence-corrected chi connectivity index (χ4v) is 3.33. The largest absolute Gasteiger partial charge is 0.335 e. The number of benzene rings is 1. The summed E-state index contributed by atoms with van der Waals surface area (Å²) in [6.07, 6.45) is 1.14. The second-order valence-electron chi connectivity index (χ2n) is 5.71. The summed E-state index contributed by atoms with van der Waals surface area (Å²) in [5.41, 5.74) is 1.23. The van der Waals surface area contributed by atoms with Crippen LogP contribution < -0.4 is 5.32 Å². The molecule has 1 unspecified atom stereocenters. The van der Waals surface area contributed by atoms with Gasteiger partial charge in [-0.25, -0.2) is 0 Å². The summed E-state index contributed by atoms with van der Waals surface area (Å²) < 4.78 is 0.896. The number of amidine groups is 1. The van der Waals surface area contributed by atoms with Gasteiger partial charge in [0.05, 0.1) is 11.1 Å². The molecule has 2 nitrogen and oxygen atoms in total. The van der Waals surface area contributed by atoms with Crippen molar-refractivity contribution in [1.82, 2.24) is 0 Å². The van der Waals surface area contributed by atoms with E-state index in [0.717, 1.165) is 32.5 Å². The molecule has 0 bridgehead atoms. The highest BCUT2D eigenvalue weighted by atomic mass is 79.9. The van der Waals surface area contributed by atoms with E-state index < -0.39 is 0 Å². The lowest BCUT2D eigenvalue weighted by atomic mass is 9.85. The summed E-state index contributed by atoms with van der Waals surface area (Å²) in [6.45, 7) is 6.73. The topological polar surface area (TPSA) is 24.4 Å². The van der Waals surface area contributed by atoms with Crippen LogP contribution in [-0.2, 0) is 0 Å². The molecule has 5 heteroatoms. The normalized spacial score (nSPS) is 20.1. The van der Waals surface area contributed by atoms with Gasteiger partial charge in [0.25, 0.3) is 0 Å². The minimum Gasteiger partial charge on any atom is -0.335 e. The van der Waals surface area contributed by atoms with E-state index in [2.05, 4.69) is 42.0 Å². The third-order valence-electron chi connectivity index (χ3n) is 3.07. The number of rotatable bonds is 1. The highest BCUT2D eigenvalue weighted by Crippen LogP contribution is 2.32. The van der Waals surface area contributed by atoms with Crippen LogP contribution >= 0.6 is 39.3 Å². The summed E-state index contributed by atoms with van der Waals surface area (Å²) >= 11 is 11.2. The molecule has 1 N–H and O–H groups in total. The van der Waals surface area contributed by atoms with E-state index in [-0.39, 0.29) is 5.41 Å². The van der Waals surface area contributed by atoms with E-state index in [0.29, 0.717) is 6.04 Å². The Morgan fingerprint density at radius 1 is 1.42 bits per heavy atom. The second kappa shape index (κ2) is 6.06. The highest BCUT2D eigenvalue weighted by Gasteiger charge is 2.27. The lowest BCUT2D eigenvalue weighted by Crippen LogP contribution is -2.30. The number of nitrogens with zero attached hydrogens (tertiary/aromatic N) is 1. The average molecular weight is 362 g/mol.